The molecule has 1 aliphatic rings. The molecule has 7 nitrogen and oxygen atoms in total. The second-order valence-electron chi connectivity index (χ2n) is 7.99. The first-order valence-electron chi connectivity index (χ1n) is 11.2. The zero-order chi connectivity index (χ0) is 24.2. The fraction of sp³-hybridized carbons (Fsp3) is 0.192. The number of hydrogen-bond acceptors (Lipinski definition) is 6. The molecule has 5 rings (SSSR count). The maximum Gasteiger partial charge on any atom is 0.237 e. The monoisotopic (exact) mass is 490 g/mol. The van der Waals surface area contributed by atoms with Gasteiger partial charge in [-0.2, -0.15) is 0 Å². The standard InChI is InChI=1S/C26H23FN4O3S/c1-17(25(32)28-21-11-12-22-23(15-21)34-14-13-33-22)35-26-30-29-24(19-7-9-20(27)10-8-19)31(26)16-18-5-3-2-4-6-18/h2-12,15,17H,13-14,16H2,1H3,(H,28,32). The highest BCUT2D eigenvalue weighted by Crippen LogP contribution is 2.33. The van der Waals surface area contributed by atoms with Crippen LogP contribution in [0.25, 0.3) is 11.4 Å². The third-order valence-corrected chi connectivity index (χ3v) is 6.54. The van der Waals surface area contributed by atoms with Crippen molar-refractivity contribution in [3.05, 3.63) is 84.2 Å². The lowest BCUT2D eigenvalue weighted by molar-refractivity contribution is -0.115. The SMILES string of the molecule is CC(Sc1nnc(-c2ccc(F)cc2)n1Cc1ccccc1)C(=O)Nc1ccc2c(c1)OCCO2. The van der Waals surface area contributed by atoms with Gasteiger partial charge in [-0.15, -0.1) is 10.2 Å². The van der Waals surface area contributed by atoms with Gasteiger partial charge in [0.2, 0.25) is 5.91 Å². The molecule has 1 unspecified atom stereocenters. The molecule has 0 aliphatic carbocycles. The Morgan fingerprint density at radius 1 is 1.03 bits per heavy atom. The highest BCUT2D eigenvalue weighted by Gasteiger charge is 2.22. The number of hydrogen-bond donors (Lipinski definition) is 1. The predicted octanol–water partition coefficient (Wildman–Crippen LogP) is 5.02. The van der Waals surface area contributed by atoms with E-state index in [9.17, 15) is 9.18 Å². The van der Waals surface area contributed by atoms with Crippen LogP contribution in [0.2, 0.25) is 0 Å². The van der Waals surface area contributed by atoms with Crippen molar-refractivity contribution in [1.29, 1.82) is 0 Å². The van der Waals surface area contributed by atoms with E-state index in [1.807, 2.05) is 41.8 Å². The average Bonchev–Trinajstić information content (AvgIpc) is 3.26. The molecule has 4 aromatic rings. The normalized spacial score (nSPS) is 13.3. The summed E-state index contributed by atoms with van der Waals surface area (Å²) in [5.41, 5.74) is 2.44. The van der Waals surface area contributed by atoms with Crippen LogP contribution in [0, 0.1) is 5.82 Å². The summed E-state index contributed by atoms with van der Waals surface area (Å²) in [5, 5.41) is 11.8. The number of ether oxygens (including phenoxy) is 2. The molecule has 35 heavy (non-hydrogen) atoms. The molecule has 0 bridgehead atoms. The number of aromatic nitrogens is 3. The van der Waals surface area contributed by atoms with E-state index >= 15 is 0 Å². The third-order valence-electron chi connectivity index (χ3n) is 5.46. The van der Waals surface area contributed by atoms with Gasteiger partial charge in [0.25, 0.3) is 0 Å². The number of halogens is 1. The minimum Gasteiger partial charge on any atom is -0.486 e. The molecule has 178 valence electrons. The Bertz CT molecular complexity index is 1330. The molecule has 0 saturated carbocycles. The quantitative estimate of drug-likeness (QED) is 0.367. The number of benzene rings is 3. The van der Waals surface area contributed by atoms with Crippen molar-refractivity contribution < 1.29 is 18.7 Å². The summed E-state index contributed by atoms with van der Waals surface area (Å²) < 4.78 is 26.6. The van der Waals surface area contributed by atoms with Crippen molar-refractivity contribution in [2.75, 3.05) is 18.5 Å². The second kappa shape index (κ2) is 10.2. The molecule has 1 amide bonds. The average molecular weight is 491 g/mol. The van der Waals surface area contributed by atoms with Gasteiger partial charge in [0.15, 0.2) is 22.5 Å². The fourth-order valence-corrected chi connectivity index (χ4v) is 4.52. The third kappa shape index (κ3) is 5.30. The predicted molar refractivity (Wildman–Crippen MR) is 132 cm³/mol. The number of nitrogens with zero attached hydrogens (tertiary/aromatic N) is 3. The van der Waals surface area contributed by atoms with Crippen LogP contribution in [0.1, 0.15) is 12.5 Å². The summed E-state index contributed by atoms with van der Waals surface area (Å²) in [6, 6.07) is 21.4. The lowest BCUT2D eigenvalue weighted by atomic mass is 10.2. The van der Waals surface area contributed by atoms with Gasteiger partial charge in [0.1, 0.15) is 19.0 Å². The molecule has 0 saturated heterocycles. The number of amides is 1. The van der Waals surface area contributed by atoms with Crippen molar-refractivity contribution in [1.82, 2.24) is 14.8 Å². The van der Waals surface area contributed by atoms with E-state index in [4.69, 9.17) is 9.47 Å². The van der Waals surface area contributed by atoms with Crippen LogP contribution in [0.3, 0.4) is 0 Å². The van der Waals surface area contributed by atoms with Gasteiger partial charge in [-0.3, -0.25) is 9.36 Å². The van der Waals surface area contributed by atoms with E-state index in [-0.39, 0.29) is 11.7 Å². The van der Waals surface area contributed by atoms with Crippen LogP contribution in [-0.2, 0) is 11.3 Å². The van der Waals surface area contributed by atoms with Gasteiger partial charge in [-0.25, -0.2) is 4.39 Å². The summed E-state index contributed by atoms with van der Waals surface area (Å²) in [4.78, 5) is 13.0. The Labute approximate surface area is 206 Å². The number of rotatable bonds is 7. The molecular formula is C26H23FN4O3S. The Balaban J connectivity index is 1.36. The Morgan fingerprint density at radius 2 is 1.77 bits per heavy atom. The van der Waals surface area contributed by atoms with Crippen molar-refractivity contribution in [2.24, 2.45) is 0 Å². The fourth-order valence-electron chi connectivity index (χ4n) is 3.67. The molecule has 2 heterocycles. The first-order chi connectivity index (χ1) is 17.1. The van der Waals surface area contributed by atoms with Gasteiger partial charge in [-0.1, -0.05) is 42.1 Å². The molecule has 1 atom stereocenters. The van der Waals surface area contributed by atoms with Crippen molar-refractivity contribution in [3.63, 3.8) is 0 Å². The first kappa shape index (κ1) is 22.9. The van der Waals surface area contributed by atoms with Crippen LogP contribution in [0.4, 0.5) is 10.1 Å². The summed E-state index contributed by atoms with van der Waals surface area (Å²) in [6.07, 6.45) is 0. The minimum atomic E-state index is -0.456. The van der Waals surface area contributed by atoms with Gasteiger partial charge >= 0.3 is 0 Å². The number of anilines is 1. The minimum absolute atomic E-state index is 0.177. The number of thioether (sulfide) groups is 1. The van der Waals surface area contributed by atoms with Crippen LogP contribution in [0.15, 0.2) is 78.0 Å². The van der Waals surface area contributed by atoms with Crippen molar-refractivity contribution in [3.8, 4) is 22.9 Å². The number of nitrogens with one attached hydrogen (secondary N) is 1. The van der Waals surface area contributed by atoms with Crippen molar-refractivity contribution >= 4 is 23.4 Å². The number of fused-ring (bicyclic) bond motifs is 1. The summed E-state index contributed by atoms with van der Waals surface area (Å²) in [5.74, 6) is 1.39. The van der Waals surface area contributed by atoms with E-state index in [0.717, 1.165) is 11.1 Å². The summed E-state index contributed by atoms with van der Waals surface area (Å²) in [7, 11) is 0. The van der Waals surface area contributed by atoms with Gasteiger partial charge in [0.05, 0.1) is 11.8 Å². The molecule has 1 N–H and O–H groups in total. The lowest BCUT2D eigenvalue weighted by Gasteiger charge is -2.19. The second-order valence-corrected chi connectivity index (χ2v) is 9.30. The van der Waals surface area contributed by atoms with E-state index in [1.165, 1.54) is 23.9 Å². The van der Waals surface area contributed by atoms with Crippen LogP contribution in [-0.4, -0.2) is 39.1 Å². The van der Waals surface area contributed by atoms with Crippen LogP contribution >= 0.6 is 11.8 Å². The zero-order valence-electron chi connectivity index (χ0n) is 19.0. The van der Waals surface area contributed by atoms with E-state index < -0.39 is 5.25 Å². The maximum atomic E-state index is 13.5. The van der Waals surface area contributed by atoms with Crippen LogP contribution < -0.4 is 14.8 Å². The Hall–Kier alpha value is -3.85. The van der Waals surface area contributed by atoms with Gasteiger partial charge < -0.3 is 14.8 Å². The summed E-state index contributed by atoms with van der Waals surface area (Å²) in [6.45, 7) is 3.32. The number of carbonyl (C=O) groups is 1. The topological polar surface area (TPSA) is 78.3 Å². The van der Waals surface area contributed by atoms with Gasteiger partial charge in [0, 0.05) is 17.3 Å². The highest BCUT2D eigenvalue weighted by molar-refractivity contribution is 8.00. The largest absolute Gasteiger partial charge is 0.486 e. The van der Waals surface area contributed by atoms with Gasteiger partial charge in [-0.05, 0) is 48.9 Å². The highest BCUT2D eigenvalue weighted by atomic mass is 32.2. The maximum absolute atomic E-state index is 13.5. The smallest absolute Gasteiger partial charge is 0.237 e. The Kier molecular flexibility index (Phi) is 6.67. The lowest BCUT2D eigenvalue weighted by Crippen LogP contribution is -2.23. The molecular weight excluding hydrogens is 467 g/mol. The van der Waals surface area contributed by atoms with Crippen molar-refractivity contribution in [2.45, 2.75) is 23.9 Å². The molecule has 0 radical (unpaired) electrons. The zero-order valence-corrected chi connectivity index (χ0v) is 19.8. The first-order valence-corrected chi connectivity index (χ1v) is 12.0. The molecule has 9 heteroatoms. The van der Waals surface area contributed by atoms with E-state index in [1.54, 1.807) is 30.3 Å². The van der Waals surface area contributed by atoms with E-state index in [0.29, 0.717) is 47.9 Å². The molecule has 0 spiro atoms. The van der Waals surface area contributed by atoms with Crippen LogP contribution in [0.5, 0.6) is 11.5 Å². The number of carbonyl (C=O) groups excluding carboxylic acids is 1. The molecule has 1 aliphatic heterocycles. The molecule has 1 aromatic heterocycles. The Morgan fingerprint density at radius 3 is 2.54 bits per heavy atom. The van der Waals surface area contributed by atoms with E-state index in [2.05, 4.69) is 15.5 Å². The summed E-state index contributed by atoms with van der Waals surface area (Å²) >= 11 is 1.31. The molecule has 3 aromatic carbocycles. The molecule has 0 fully saturated rings.